The van der Waals surface area contributed by atoms with Gasteiger partial charge in [-0.25, -0.2) is 0 Å². The number of allylic oxidation sites excluding steroid dienone is 1. The Balaban J connectivity index is 2.23. The Bertz CT molecular complexity index is 681. The fraction of sp³-hybridized carbons (Fsp3) is 0.143. The predicted octanol–water partition coefficient (Wildman–Crippen LogP) is 2.40. The molecule has 0 fully saturated rings. The third-order valence-corrected chi connectivity index (χ3v) is 3.10. The van der Waals surface area contributed by atoms with Crippen LogP contribution in [0.1, 0.15) is 23.0 Å². The van der Waals surface area contributed by atoms with Gasteiger partial charge in [0.2, 0.25) is 5.91 Å². The standard InChI is InChI=1S/C14H13N3O3S/c1-9(18)15-12-7-10(3-6-14(12)20-2)13(19)5-4-11-8-21-17-16-11/h3-8H,1-2H3,(H,15,18)/b5-4-. The molecule has 108 valence electrons. The second-order valence-electron chi connectivity index (χ2n) is 4.12. The zero-order valence-corrected chi connectivity index (χ0v) is 12.3. The molecule has 7 heteroatoms. The summed E-state index contributed by atoms with van der Waals surface area (Å²) < 4.78 is 8.85. The SMILES string of the molecule is COc1ccc(C(=O)/C=C\c2csnn2)cc1NC(C)=O. The van der Waals surface area contributed by atoms with Crippen LogP contribution in [-0.4, -0.2) is 28.4 Å². The van der Waals surface area contributed by atoms with Crippen LogP contribution < -0.4 is 10.1 Å². The second-order valence-corrected chi connectivity index (χ2v) is 4.73. The number of amides is 1. The van der Waals surface area contributed by atoms with Crippen molar-refractivity contribution in [1.82, 2.24) is 9.59 Å². The number of nitrogens with one attached hydrogen (secondary N) is 1. The number of anilines is 1. The molecule has 0 saturated carbocycles. The molecule has 1 aromatic heterocycles. The molecule has 2 rings (SSSR count). The number of nitrogens with zero attached hydrogens (tertiary/aromatic N) is 2. The van der Waals surface area contributed by atoms with Crippen LogP contribution in [0.3, 0.4) is 0 Å². The van der Waals surface area contributed by atoms with Crippen LogP contribution in [0.25, 0.3) is 6.08 Å². The number of benzene rings is 1. The first-order valence-electron chi connectivity index (χ1n) is 6.05. The van der Waals surface area contributed by atoms with Crippen molar-refractivity contribution < 1.29 is 14.3 Å². The molecule has 6 nitrogen and oxygen atoms in total. The van der Waals surface area contributed by atoms with Gasteiger partial charge in [-0.15, -0.1) is 5.10 Å². The molecular formula is C14H13N3O3S. The number of methoxy groups -OCH3 is 1. The Morgan fingerprint density at radius 1 is 1.38 bits per heavy atom. The molecule has 21 heavy (non-hydrogen) atoms. The van der Waals surface area contributed by atoms with Gasteiger partial charge in [0.1, 0.15) is 5.75 Å². The highest BCUT2D eigenvalue weighted by Gasteiger charge is 2.09. The van der Waals surface area contributed by atoms with E-state index in [-0.39, 0.29) is 11.7 Å². The summed E-state index contributed by atoms with van der Waals surface area (Å²) in [5.74, 6) is 0.0636. The number of hydrogen-bond acceptors (Lipinski definition) is 6. The van der Waals surface area contributed by atoms with E-state index in [0.29, 0.717) is 22.7 Å². The number of carbonyl (C=O) groups excluding carboxylic acids is 2. The lowest BCUT2D eigenvalue weighted by molar-refractivity contribution is -0.114. The molecule has 0 bridgehead atoms. The summed E-state index contributed by atoms with van der Waals surface area (Å²) in [6.45, 7) is 1.39. The minimum atomic E-state index is -0.234. The van der Waals surface area contributed by atoms with E-state index in [1.807, 2.05) is 0 Å². The van der Waals surface area contributed by atoms with Crippen molar-refractivity contribution in [2.45, 2.75) is 6.92 Å². The molecule has 0 aliphatic rings. The van der Waals surface area contributed by atoms with E-state index in [2.05, 4.69) is 14.9 Å². The van der Waals surface area contributed by atoms with Crippen molar-refractivity contribution >= 4 is 35.0 Å². The van der Waals surface area contributed by atoms with Gasteiger partial charge in [-0.3, -0.25) is 9.59 Å². The fourth-order valence-electron chi connectivity index (χ4n) is 1.65. The van der Waals surface area contributed by atoms with Crippen LogP contribution in [-0.2, 0) is 4.79 Å². The highest BCUT2D eigenvalue weighted by atomic mass is 32.1. The van der Waals surface area contributed by atoms with Gasteiger partial charge in [-0.05, 0) is 41.9 Å². The number of ketones is 1. The normalized spacial score (nSPS) is 10.6. The summed E-state index contributed by atoms with van der Waals surface area (Å²) in [7, 11) is 1.50. The average Bonchev–Trinajstić information content (AvgIpc) is 2.97. The van der Waals surface area contributed by atoms with Gasteiger partial charge in [0, 0.05) is 17.9 Å². The summed E-state index contributed by atoms with van der Waals surface area (Å²) in [5.41, 5.74) is 1.53. The summed E-state index contributed by atoms with van der Waals surface area (Å²) in [5, 5.41) is 8.18. The highest BCUT2D eigenvalue weighted by molar-refractivity contribution is 7.03. The van der Waals surface area contributed by atoms with Crippen LogP contribution in [0.15, 0.2) is 29.7 Å². The number of ether oxygens (including phenoxy) is 1. The van der Waals surface area contributed by atoms with E-state index in [1.165, 1.54) is 31.6 Å². The van der Waals surface area contributed by atoms with E-state index >= 15 is 0 Å². The Labute approximate surface area is 125 Å². The zero-order valence-electron chi connectivity index (χ0n) is 11.5. The topological polar surface area (TPSA) is 81.2 Å². The van der Waals surface area contributed by atoms with Crippen molar-refractivity contribution in [2.24, 2.45) is 0 Å². The summed E-state index contributed by atoms with van der Waals surface area (Å²) in [6, 6.07) is 4.85. The van der Waals surface area contributed by atoms with E-state index in [0.717, 1.165) is 0 Å². The number of hydrogen-bond donors (Lipinski definition) is 1. The Hall–Kier alpha value is -2.54. The van der Waals surface area contributed by atoms with Crippen LogP contribution in [0.2, 0.25) is 0 Å². The highest BCUT2D eigenvalue weighted by Crippen LogP contribution is 2.25. The van der Waals surface area contributed by atoms with Crippen LogP contribution in [0.4, 0.5) is 5.69 Å². The number of carbonyl (C=O) groups is 2. The van der Waals surface area contributed by atoms with Crippen molar-refractivity contribution in [3.05, 3.63) is 40.9 Å². The van der Waals surface area contributed by atoms with Gasteiger partial charge in [0.15, 0.2) is 5.78 Å². The first-order chi connectivity index (χ1) is 10.1. The molecule has 0 radical (unpaired) electrons. The first kappa shape index (κ1) is 14.9. The van der Waals surface area contributed by atoms with Gasteiger partial charge < -0.3 is 10.1 Å². The van der Waals surface area contributed by atoms with Gasteiger partial charge in [0.05, 0.1) is 18.5 Å². The smallest absolute Gasteiger partial charge is 0.221 e. The van der Waals surface area contributed by atoms with Crippen molar-refractivity contribution in [2.75, 3.05) is 12.4 Å². The van der Waals surface area contributed by atoms with Crippen LogP contribution in [0.5, 0.6) is 5.75 Å². The lowest BCUT2D eigenvalue weighted by atomic mass is 10.1. The molecule has 0 aliphatic carbocycles. The van der Waals surface area contributed by atoms with Gasteiger partial charge >= 0.3 is 0 Å². The molecule has 0 spiro atoms. The van der Waals surface area contributed by atoms with Crippen molar-refractivity contribution in [3.8, 4) is 5.75 Å². The molecule has 0 atom stereocenters. The molecular weight excluding hydrogens is 290 g/mol. The Morgan fingerprint density at radius 3 is 2.81 bits per heavy atom. The monoisotopic (exact) mass is 303 g/mol. The third-order valence-electron chi connectivity index (χ3n) is 2.58. The number of aromatic nitrogens is 2. The minimum absolute atomic E-state index is 0.197. The molecule has 1 N–H and O–H groups in total. The lowest BCUT2D eigenvalue weighted by Gasteiger charge is -2.09. The maximum absolute atomic E-state index is 12.1. The molecule has 1 amide bonds. The van der Waals surface area contributed by atoms with Crippen molar-refractivity contribution in [3.63, 3.8) is 0 Å². The molecule has 0 unspecified atom stereocenters. The summed E-state index contributed by atoms with van der Waals surface area (Å²) in [4.78, 5) is 23.3. The zero-order chi connectivity index (χ0) is 15.2. The summed E-state index contributed by atoms with van der Waals surface area (Å²) >= 11 is 1.21. The van der Waals surface area contributed by atoms with E-state index in [9.17, 15) is 9.59 Å². The first-order valence-corrected chi connectivity index (χ1v) is 6.89. The maximum Gasteiger partial charge on any atom is 0.221 e. The quantitative estimate of drug-likeness (QED) is 0.677. The third kappa shape index (κ3) is 3.96. The van der Waals surface area contributed by atoms with E-state index in [1.54, 1.807) is 29.7 Å². The molecule has 1 heterocycles. The second kappa shape index (κ2) is 6.76. The molecule has 0 aliphatic heterocycles. The van der Waals surface area contributed by atoms with Crippen molar-refractivity contribution in [1.29, 1.82) is 0 Å². The fourth-order valence-corrected chi connectivity index (χ4v) is 2.07. The maximum atomic E-state index is 12.1. The van der Waals surface area contributed by atoms with Crippen LogP contribution >= 0.6 is 11.5 Å². The number of rotatable bonds is 5. The summed E-state index contributed by atoms with van der Waals surface area (Å²) in [6.07, 6.45) is 3.00. The molecule has 2 aromatic rings. The largest absolute Gasteiger partial charge is 0.495 e. The van der Waals surface area contributed by atoms with Gasteiger partial charge in [0.25, 0.3) is 0 Å². The Kier molecular flexibility index (Phi) is 4.78. The Morgan fingerprint density at radius 2 is 2.19 bits per heavy atom. The van der Waals surface area contributed by atoms with E-state index in [4.69, 9.17) is 4.74 Å². The van der Waals surface area contributed by atoms with Crippen LogP contribution in [0, 0.1) is 0 Å². The van der Waals surface area contributed by atoms with Gasteiger partial charge in [-0.1, -0.05) is 4.49 Å². The van der Waals surface area contributed by atoms with Gasteiger partial charge in [-0.2, -0.15) is 0 Å². The average molecular weight is 303 g/mol. The predicted molar refractivity (Wildman–Crippen MR) is 80.6 cm³/mol. The molecule has 0 saturated heterocycles. The van der Waals surface area contributed by atoms with E-state index < -0.39 is 0 Å². The minimum Gasteiger partial charge on any atom is -0.495 e. The lowest BCUT2D eigenvalue weighted by Crippen LogP contribution is -2.08. The molecule has 1 aromatic carbocycles.